The quantitative estimate of drug-likeness (QED) is 0.842. The molecule has 1 atom stereocenters. The fourth-order valence-electron chi connectivity index (χ4n) is 2.04. The highest BCUT2D eigenvalue weighted by Gasteiger charge is 2.38. The van der Waals surface area contributed by atoms with Crippen LogP contribution in [0, 0.1) is 6.92 Å². The maximum absolute atomic E-state index is 12.2. The minimum absolute atomic E-state index is 0.170. The van der Waals surface area contributed by atoms with E-state index in [1.165, 1.54) is 4.31 Å². The minimum Gasteiger partial charge on any atom is -0.468 e. The molecule has 1 aliphatic heterocycles. The van der Waals surface area contributed by atoms with Crippen LogP contribution in [-0.4, -0.2) is 49.6 Å². The molecule has 0 saturated carbocycles. The smallest absolute Gasteiger partial charge is 0.293 e. The van der Waals surface area contributed by atoms with Gasteiger partial charge >= 0.3 is 0 Å². The van der Waals surface area contributed by atoms with Gasteiger partial charge in [0.25, 0.3) is 6.47 Å². The van der Waals surface area contributed by atoms with Gasteiger partial charge < -0.3 is 9.84 Å². The number of benzene rings is 1. The van der Waals surface area contributed by atoms with E-state index in [1.807, 2.05) is 6.92 Å². The van der Waals surface area contributed by atoms with E-state index in [-0.39, 0.29) is 6.54 Å². The molecule has 6 nitrogen and oxygen atoms in total. The Hall–Kier alpha value is -1.44. The summed E-state index contributed by atoms with van der Waals surface area (Å²) >= 11 is 0. The van der Waals surface area contributed by atoms with E-state index in [9.17, 15) is 18.3 Å². The Morgan fingerprint density at radius 2 is 1.95 bits per heavy atom. The van der Waals surface area contributed by atoms with Crippen molar-refractivity contribution >= 4 is 16.5 Å². The number of carbonyl (C=O) groups is 1. The normalized spacial score (nSPS) is 21.8. The van der Waals surface area contributed by atoms with Gasteiger partial charge in [0.05, 0.1) is 17.1 Å². The summed E-state index contributed by atoms with van der Waals surface area (Å²) in [5.41, 5.74) is 0.120. The maximum atomic E-state index is 12.2. The van der Waals surface area contributed by atoms with Crippen LogP contribution in [0.4, 0.5) is 0 Å². The van der Waals surface area contributed by atoms with Gasteiger partial charge in [-0.25, -0.2) is 8.42 Å². The fourth-order valence-corrected chi connectivity index (χ4v) is 3.59. The van der Waals surface area contributed by atoms with Crippen LogP contribution in [0.1, 0.15) is 25.8 Å². The van der Waals surface area contributed by atoms with Crippen LogP contribution in [-0.2, 0) is 19.6 Å². The molecule has 0 spiro atoms. The summed E-state index contributed by atoms with van der Waals surface area (Å²) in [6.07, 6.45) is 0.484. The molecule has 1 heterocycles. The van der Waals surface area contributed by atoms with E-state index < -0.39 is 15.6 Å². The van der Waals surface area contributed by atoms with Crippen molar-refractivity contribution in [1.82, 2.24) is 4.31 Å². The highest BCUT2D eigenvalue weighted by molar-refractivity contribution is 7.89. The van der Waals surface area contributed by atoms with Gasteiger partial charge in [-0.3, -0.25) is 4.79 Å². The van der Waals surface area contributed by atoms with Gasteiger partial charge in [-0.2, -0.15) is 4.31 Å². The highest BCUT2D eigenvalue weighted by Crippen LogP contribution is 2.26. The van der Waals surface area contributed by atoms with Crippen molar-refractivity contribution in [2.24, 2.45) is 0 Å². The first-order chi connectivity index (χ1) is 10.2. The third kappa shape index (κ3) is 5.08. The molecule has 1 aliphatic rings. The van der Waals surface area contributed by atoms with E-state index >= 15 is 0 Å². The van der Waals surface area contributed by atoms with Gasteiger partial charge in [0.2, 0.25) is 10.0 Å². The molecule has 22 heavy (non-hydrogen) atoms. The molecule has 0 aromatic heterocycles. The largest absolute Gasteiger partial charge is 0.468 e. The minimum atomic E-state index is -3.45. The highest BCUT2D eigenvalue weighted by atomic mass is 32.2. The molecule has 124 valence electrons. The molecule has 1 fully saturated rings. The number of nitrogens with zero attached hydrogens (tertiary/aromatic N) is 1. The fraction of sp³-hybridized carbons (Fsp3) is 0.533. The van der Waals surface area contributed by atoms with Gasteiger partial charge in [0.15, 0.2) is 0 Å². The zero-order valence-corrected chi connectivity index (χ0v) is 14.0. The molecule has 1 aromatic carbocycles. The Kier molecular flexibility index (Phi) is 6.52. The molecule has 0 aliphatic carbocycles. The SMILES string of the molecule is CCOC=O.Cc1ccc(S(=O)(=O)N2CCC(C)(O)C2)cc1. The second-order valence-electron chi connectivity index (χ2n) is 5.45. The summed E-state index contributed by atoms with van der Waals surface area (Å²) in [5.74, 6) is 0. The molecule has 1 N–H and O–H groups in total. The van der Waals surface area contributed by atoms with Crippen molar-refractivity contribution in [3.63, 3.8) is 0 Å². The summed E-state index contributed by atoms with van der Waals surface area (Å²) in [6.45, 7) is 6.79. The van der Waals surface area contributed by atoms with Crippen molar-refractivity contribution in [1.29, 1.82) is 0 Å². The average Bonchev–Trinajstić information content (AvgIpc) is 2.82. The molecule has 7 heteroatoms. The number of carbonyl (C=O) groups excluding carboxylic acids is 1. The molecule has 0 bridgehead atoms. The lowest BCUT2D eigenvalue weighted by molar-refractivity contribution is -0.128. The van der Waals surface area contributed by atoms with Gasteiger partial charge in [0.1, 0.15) is 0 Å². The van der Waals surface area contributed by atoms with E-state index in [4.69, 9.17) is 0 Å². The summed E-state index contributed by atoms with van der Waals surface area (Å²) in [6, 6.07) is 6.78. The summed E-state index contributed by atoms with van der Waals surface area (Å²) in [4.78, 5) is 9.48. The Balaban J connectivity index is 0.000000422. The second kappa shape index (κ2) is 7.71. The van der Waals surface area contributed by atoms with E-state index in [0.717, 1.165) is 5.56 Å². The van der Waals surface area contributed by atoms with Gasteiger partial charge in [-0.1, -0.05) is 17.7 Å². The van der Waals surface area contributed by atoms with Crippen molar-refractivity contribution in [2.45, 2.75) is 37.7 Å². The molecule has 1 unspecified atom stereocenters. The zero-order chi connectivity index (χ0) is 16.8. The van der Waals surface area contributed by atoms with Crippen LogP contribution in [0.5, 0.6) is 0 Å². The first-order valence-corrected chi connectivity index (χ1v) is 8.51. The lowest BCUT2D eigenvalue weighted by Crippen LogP contribution is -2.33. The first kappa shape index (κ1) is 18.6. The third-order valence-corrected chi connectivity index (χ3v) is 5.17. The maximum Gasteiger partial charge on any atom is 0.293 e. The zero-order valence-electron chi connectivity index (χ0n) is 13.2. The number of rotatable bonds is 4. The average molecular weight is 329 g/mol. The van der Waals surface area contributed by atoms with Crippen LogP contribution in [0.3, 0.4) is 0 Å². The van der Waals surface area contributed by atoms with E-state index in [0.29, 0.717) is 30.9 Å². The predicted octanol–water partition coefficient (Wildman–Crippen LogP) is 1.32. The lowest BCUT2D eigenvalue weighted by Gasteiger charge is -2.18. The van der Waals surface area contributed by atoms with Gasteiger partial charge in [-0.15, -0.1) is 0 Å². The van der Waals surface area contributed by atoms with Crippen molar-refractivity contribution in [2.75, 3.05) is 19.7 Å². The van der Waals surface area contributed by atoms with Crippen LogP contribution < -0.4 is 0 Å². The van der Waals surface area contributed by atoms with Crippen molar-refractivity contribution in [3.05, 3.63) is 29.8 Å². The summed E-state index contributed by atoms with van der Waals surface area (Å²) < 4.78 is 30.0. The number of aliphatic hydroxyl groups is 1. The Morgan fingerprint density at radius 3 is 2.32 bits per heavy atom. The third-order valence-electron chi connectivity index (χ3n) is 3.31. The van der Waals surface area contributed by atoms with Crippen LogP contribution >= 0.6 is 0 Å². The molecule has 2 rings (SSSR count). The molecular formula is C15H23NO5S. The van der Waals surface area contributed by atoms with Gasteiger partial charge in [0, 0.05) is 13.1 Å². The standard InChI is InChI=1S/C12H17NO3S.C3H6O2/c1-10-3-5-11(6-4-10)17(15,16)13-8-7-12(2,14)9-13;1-2-5-3-4/h3-6,14H,7-9H2,1-2H3;3H,2H2,1H3. The van der Waals surface area contributed by atoms with Crippen LogP contribution in [0.15, 0.2) is 29.2 Å². The monoisotopic (exact) mass is 329 g/mol. The molecule has 1 aromatic rings. The van der Waals surface area contributed by atoms with Crippen molar-refractivity contribution < 1.29 is 23.1 Å². The number of aryl methyl sites for hydroxylation is 1. The molecule has 0 amide bonds. The van der Waals surface area contributed by atoms with Crippen molar-refractivity contribution in [3.8, 4) is 0 Å². The van der Waals surface area contributed by atoms with E-state index in [1.54, 1.807) is 38.1 Å². The summed E-state index contributed by atoms with van der Waals surface area (Å²) in [5, 5.41) is 9.81. The Morgan fingerprint density at radius 1 is 1.36 bits per heavy atom. The molecule has 1 saturated heterocycles. The molecular weight excluding hydrogens is 306 g/mol. The second-order valence-corrected chi connectivity index (χ2v) is 7.39. The number of sulfonamides is 1. The van der Waals surface area contributed by atoms with E-state index in [2.05, 4.69) is 4.74 Å². The first-order valence-electron chi connectivity index (χ1n) is 7.07. The molecule has 0 radical (unpaired) electrons. The number of hydrogen-bond donors (Lipinski definition) is 1. The predicted molar refractivity (Wildman–Crippen MR) is 82.9 cm³/mol. The topological polar surface area (TPSA) is 83.9 Å². The van der Waals surface area contributed by atoms with Crippen LogP contribution in [0.25, 0.3) is 0 Å². The lowest BCUT2D eigenvalue weighted by atomic mass is 10.1. The summed E-state index contributed by atoms with van der Waals surface area (Å²) in [7, 11) is -3.45. The number of ether oxygens (including phenoxy) is 1. The van der Waals surface area contributed by atoms with Gasteiger partial charge in [-0.05, 0) is 39.3 Å². The Labute approximate surface area is 131 Å². The van der Waals surface area contributed by atoms with Crippen LogP contribution in [0.2, 0.25) is 0 Å². The number of hydrogen-bond acceptors (Lipinski definition) is 5. The Bertz CT molecular complexity index is 580. The number of β-amino-alcohol motifs (C(OH)–C–C–N with tert-alkyl or cyclic N) is 1.